The number of carbonyl (C=O) groups is 2. The molecule has 0 fully saturated rings. The zero-order chi connectivity index (χ0) is 24.1. The molecule has 0 saturated heterocycles. The molecule has 0 spiro atoms. The maximum Gasteiger partial charge on any atom is 0.304 e. The molecule has 1 aliphatic carbocycles. The van der Waals surface area contributed by atoms with Crippen molar-refractivity contribution in [1.29, 1.82) is 0 Å². The quantitative estimate of drug-likeness (QED) is 0.474. The Morgan fingerprint density at radius 2 is 1.74 bits per heavy atom. The van der Waals surface area contributed by atoms with Crippen LogP contribution >= 0.6 is 11.3 Å². The highest BCUT2D eigenvalue weighted by molar-refractivity contribution is 7.09. The molecule has 3 aromatic rings. The Hall–Kier alpha value is -3.06. The largest absolute Gasteiger partial charge is 0.481 e. The van der Waals surface area contributed by atoms with Gasteiger partial charge in [-0.05, 0) is 74.3 Å². The van der Waals surface area contributed by atoms with E-state index in [1.807, 2.05) is 17.5 Å². The molecule has 6 nitrogen and oxygen atoms in total. The van der Waals surface area contributed by atoms with Crippen LogP contribution in [0.3, 0.4) is 0 Å². The maximum absolute atomic E-state index is 12.2. The van der Waals surface area contributed by atoms with Gasteiger partial charge in [0.25, 0.3) is 5.91 Å². The predicted octanol–water partition coefficient (Wildman–Crippen LogP) is 4.90. The van der Waals surface area contributed by atoms with Crippen LogP contribution in [0.4, 0.5) is 0 Å². The summed E-state index contributed by atoms with van der Waals surface area (Å²) in [6.07, 6.45) is 7.42. The molecule has 0 saturated carbocycles. The lowest BCUT2D eigenvalue weighted by molar-refractivity contribution is -0.137. The number of hydrogen-bond acceptors (Lipinski definition) is 5. The van der Waals surface area contributed by atoms with Crippen molar-refractivity contribution in [3.63, 3.8) is 0 Å². The van der Waals surface area contributed by atoms with Gasteiger partial charge >= 0.3 is 5.97 Å². The van der Waals surface area contributed by atoms with Gasteiger partial charge in [0, 0.05) is 42.3 Å². The molecule has 1 aromatic carbocycles. The number of aryl methyl sites for hydroxylation is 4. The molecule has 1 atom stereocenters. The zero-order valence-corrected chi connectivity index (χ0v) is 20.6. The van der Waals surface area contributed by atoms with Gasteiger partial charge in [0.05, 0.1) is 12.1 Å². The number of pyridine rings is 1. The minimum absolute atomic E-state index is 0.0347. The highest BCUT2D eigenvalue weighted by atomic mass is 32.1. The van der Waals surface area contributed by atoms with E-state index in [1.54, 1.807) is 26.2 Å². The van der Waals surface area contributed by atoms with Gasteiger partial charge in [-0.15, -0.1) is 11.3 Å². The summed E-state index contributed by atoms with van der Waals surface area (Å²) in [5.74, 6) is -1.28. The number of carbonyl (C=O) groups excluding carboxylic acids is 1. The summed E-state index contributed by atoms with van der Waals surface area (Å²) in [6.45, 7) is 0. The SMILES string of the molecule is CN(C)C(=O)c1ccc(C(CC(=O)O)c2nc(CCCc3ccc4c(n3)CCCC4)cs2)cc1. The second kappa shape index (κ2) is 10.9. The smallest absolute Gasteiger partial charge is 0.304 e. The normalized spacial score (nSPS) is 13.8. The Morgan fingerprint density at radius 3 is 2.47 bits per heavy atom. The first-order chi connectivity index (χ1) is 16.4. The summed E-state index contributed by atoms with van der Waals surface area (Å²) in [4.78, 5) is 34.9. The van der Waals surface area contributed by atoms with Gasteiger partial charge < -0.3 is 10.0 Å². The number of benzene rings is 1. The molecule has 1 aliphatic rings. The van der Waals surface area contributed by atoms with Gasteiger partial charge in [-0.2, -0.15) is 0 Å². The van der Waals surface area contributed by atoms with Gasteiger partial charge in [-0.3, -0.25) is 14.6 Å². The summed E-state index contributed by atoms with van der Waals surface area (Å²) in [5.41, 5.74) is 6.26. The summed E-state index contributed by atoms with van der Waals surface area (Å²) in [6, 6.07) is 11.6. The first-order valence-electron chi connectivity index (χ1n) is 11.9. The molecule has 7 heteroatoms. The molecule has 1 unspecified atom stereocenters. The molecule has 1 amide bonds. The van der Waals surface area contributed by atoms with Gasteiger partial charge in [-0.25, -0.2) is 4.98 Å². The average molecular weight is 478 g/mol. The van der Waals surface area contributed by atoms with Crippen molar-refractivity contribution in [2.45, 2.75) is 57.3 Å². The fourth-order valence-corrected chi connectivity index (χ4v) is 5.43. The number of nitrogens with zero attached hydrogens (tertiary/aromatic N) is 3. The molecule has 0 bridgehead atoms. The molecule has 0 radical (unpaired) electrons. The van der Waals surface area contributed by atoms with Crippen molar-refractivity contribution < 1.29 is 14.7 Å². The average Bonchev–Trinajstić information content (AvgIpc) is 3.30. The van der Waals surface area contributed by atoms with Crippen LogP contribution in [0, 0.1) is 0 Å². The van der Waals surface area contributed by atoms with Crippen LogP contribution in [-0.4, -0.2) is 45.9 Å². The van der Waals surface area contributed by atoms with Crippen molar-refractivity contribution in [1.82, 2.24) is 14.9 Å². The fourth-order valence-electron chi connectivity index (χ4n) is 4.45. The Morgan fingerprint density at radius 1 is 1.00 bits per heavy atom. The van der Waals surface area contributed by atoms with Gasteiger partial charge in [0.15, 0.2) is 0 Å². The first-order valence-corrected chi connectivity index (χ1v) is 12.7. The molecule has 1 N–H and O–H groups in total. The van der Waals surface area contributed by atoms with E-state index in [0.717, 1.165) is 54.1 Å². The van der Waals surface area contributed by atoms with E-state index in [4.69, 9.17) is 9.97 Å². The van der Waals surface area contributed by atoms with E-state index >= 15 is 0 Å². The zero-order valence-electron chi connectivity index (χ0n) is 19.8. The van der Waals surface area contributed by atoms with Gasteiger partial charge in [0.1, 0.15) is 5.01 Å². The van der Waals surface area contributed by atoms with E-state index < -0.39 is 5.97 Å². The van der Waals surface area contributed by atoms with E-state index in [1.165, 1.54) is 40.3 Å². The number of carboxylic acid groups (broad SMARTS) is 1. The Kier molecular flexibility index (Phi) is 7.73. The van der Waals surface area contributed by atoms with Crippen molar-refractivity contribution in [3.05, 3.63) is 80.6 Å². The van der Waals surface area contributed by atoms with Crippen LogP contribution in [0.15, 0.2) is 41.8 Å². The monoisotopic (exact) mass is 477 g/mol. The van der Waals surface area contributed by atoms with Crippen LogP contribution in [0.2, 0.25) is 0 Å². The van der Waals surface area contributed by atoms with Crippen molar-refractivity contribution in [2.24, 2.45) is 0 Å². The summed E-state index contributed by atoms with van der Waals surface area (Å²) in [5, 5.41) is 12.3. The number of hydrogen-bond donors (Lipinski definition) is 1. The van der Waals surface area contributed by atoms with Crippen LogP contribution in [0.1, 0.15) is 75.2 Å². The fraction of sp³-hybridized carbons (Fsp3) is 0.407. The number of rotatable bonds is 9. The minimum atomic E-state index is -0.867. The number of aromatic nitrogens is 2. The van der Waals surface area contributed by atoms with Crippen LogP contribution in [-0.2, 0) is 30.5 Å². The predicted molar refractivity (Wildman–Crippen MR) is 134 cm³/mol. The number of amides is 1. The third-order valence-corrected chi connectivity index (χ3v) is 7.32. The van der Waals surface area contributed by atoms with E-state index in [9.17, 15) is 14.7 Å². The summed E-state index contributed by atoms with van der Waals surface area (Å²) < 4.78 is 0. The topological polar surface area (TPSA) is 83.4 Å². The molecule has 4 rings (SSSR count). The van der Waals surface area contributed by atoms with E-state index in [2.05, 4.69) is 12.1 Å². The minimum Gasteiger partial charge on any atom is -0.481 e. The van der Waals surface area contributed by atoms with Gasteiger partial charge in [-0.1, -0.05) is 18.2 Å². The molecule has 0 aliphatic heterocycles. The van der Waals surface area contributed by atoms with E-state index in [-0.39, 0.29) is 18.2 Å². The second-order valence-electron chi connectivity index (χ2n) is 9.12. The summed E-state index contributed by atoms with van der Waals surface area (Å²) >= 11 is 1.51. The van der Waals surface area contributed by atoms with Crippen LogP contribution < -0.4 is 0 Å². The molecular weight excluding hydrogens is 446 g/mol. The second-order valence-corrected chi connectivity index (χ2v) is 10.0. The van der Waals surface area contributed by atoms with Crippen LogP contribution in [0.5, 0.6) is 0 Å². The summed E-state index contributed by atoms with van der Waals surface area (Å²) in [7, 11) is 3.42. The lowest BCUT2D eigenvalue weighted by Crippen LogP contribution is -2.21. The van der Waals surface area contributed by atoms with Gasteiger partial charge in [0.2, 0.25) is 0 Å². The number of thiazole rings is 1. The molecule has 178 valence electrons. The number of fused-ring (bicyclic) bond motifs is 1. The third kappa shape index (κ3) is 5.89. The van der Waals surface area contributed by atoms with Crippen molar-refractivity contribution in [2.75, 3.05) is 14.1 Å². The lowest BCUT2D eigenvalue weighted by atomic mass is 9.95. The molecule has 2 aromatic heterocycles. The van der Waals surface area contributed by atoms with Crippen LogP contribution in [0.25, 0.3) is 0 Å². The highest BCUT2D eigenvalue weighted by Crippen LogP contribution is 2.31. The van der Waals surface area contributed by atoms with Crippen molar-refractivity contribution >= 4 is 23.2 Å². The maximum atomic E-state index is 12.2. The Balaban J connectivity index is 1.41. The highest BCUT2D eigenvalue weighted by Gasteiger charge is 2.22. The number of aliphatic carboxylic acids is 1. The number of carboxylic acids is 1. The van der Waals surface area contributed by atoms with Crippen molar-refractivity contribution in [3.8, 4) is 0 Å². The lowest BCUT2D eigenvalue weighted by Gasteiger charge is -2.15. The molecule has 34 heavy (non-hydrogen) atoms. The first kappa shape index (κ1) is 24.1. The molecular formula is C27H31N3O3S. The molecule has 2 heterocycles. The standard InChI is InChI=1S/C27H31N3O3S/c1-30(2)27(33)20-12-10-18(11-13-20)23(16-25(31)32)26-29-22(17-34-26)8-5-7-21-15-14-19-6-3-4-9-24(19)28-21/h10-15,17,23H,3-9,16H2,1-2H3,(H,31,32). The van der Waals surface area contributed by atoms with E-state index in [0.29, 0.717) is 5.56 Å². The Labute approximate surface area is 204 Å². The third-order valence-electron chi connectivity index (χ3n) is 6.31. The Bertz CT molecular complexity index is 1150.